The van der Waals surface area contributed by atoms with E-state index in [-0.39, 0.29) is 28.6 Å². The van der Waals surface area contributed by atoms with E-state index in [9.17, 15) is 48.0 Å². The maximum Gasteiger partial charge on any atom is 0.417 e. The second-order valence-electron chi connectivity index (χ2n) is 12.9. The molecule has 2 aromatic carbocycles. The molecule has 0 bridgehead atoms. The number of nitrogens with zero attached hydrogens (tertiary/aromatic N) is 7. The number of halogens is 10. The third-order valence-corrected chi connectivity index (χ3v) is 12.4. The van der Waals surface area contributed by atoms with E-state index >= 15 is 0 Å². The molecule has 0 radical (unpaired) electrons. The highest BCUT2D eigenvalue weighted by molar-refractivity contribution is 9.10. The van der Waals surface area contributed by atoms with Gasteiger partial charge in [-0.25, -0.2) is 32.6 Å². The largest absolute Gasteiger partial charge is 0.417 e. The zero-order valence-corrected chi connectivity index (χ0v) is 42.0. The number of rotatable bonds is 12. The maximum atomic E-state index is 13.2. The van der Waals surface area contributed by atoms with Crippen LogP contribution in [-0.2, 0) is 46.6 Å². The Hall–Kier alpha value is -5.97. The summed E-state index contributed by atoms with van der Waals surface area (Å²) in [6.07, 6.45) is -3.02. The molecular formula is C37H32Br2Cl2F6N12O10S2. The lowest BCUT2D eigenvalue weighted by Gasteiger charge is -2.14. The molecule has 7 aromatic rings. The molecule has 5 heterocycles. The molecule has 34 heteroatoms. The molecule has 0 saturated heterocycles. The number of amides is 1. The van der Waals surface area contributed by atoms with Crippen molar-refractivity contribution in [2.45, 2.75) is 28.6 Å². The van der Waals surface area contributed by atoms with Gasteiger partial charge in [0.2, 0.25) is 0 Å². The summed E-state index contributed by atoms with van der Waals surface area (Å²) in [5.41, 5.74) is 3.59. The van der Waals surface area contributed by atoms with Gasteiger partial charge >= 0.3 is 12.4 Å². The lowest BCUT2D eigenvalue weighted by molar-refractivity contribution is -0.252. The van der Waals surface area contributed by atoms with Gasteiger partial charge in [-0.15, -0.1) is 10.2 Å². The Morgan fingerprint density at radius 2 is 1.24 bits per heavy atom. The van der Waals surface area contributed by atoms with Crippen molar-refractivity contribution < 1.29 is 71.2 Å². The minimum absolute atomic E-state index is 0.0438. The van der Waals surface area contributed by atoms with Crippen molar-refractivity contribution in [2.24, 2.45) is 5.84 Å². The third-order valence-electron chi connectivity index (χ3n) is 8.12. The molecule has 0 aliphatic heterocycles. The highest BCUT2D eigenvalue weighted by Gasteiger charge is 2.36. The number of sulfonamides is 2. The molecule has 7 N–H and O–H groups in total. The van der Waals surface area contributed by atoms with E-state index in [1.54, 1.807) is 11.5 Å². The minimum Gasteiger partial charge on any atom is -0.381 e. The molecule has 7 rings (SSSR count). The van der Waals surface area contributed by atoms with Crippen molar-refractivity contribution in [1.82, 2.24) is 40.5 Å². The number of hydrogen-bond acceptors (Lipinski definition) is 18. The fourth-order valence-electron chi connectivity index (χ4n) is 5.05. The zero-order valence-electron chi connectivity index (χ0n) is 35.7. The molecule has 382 valence electrons. The second-order valence-corrected chi connectivity index (χ2v) is 18.9. The number of hydrogen-bond donors (Lipinski definition) is 5. The highest BCUT2D eigenvalue weighted by Crippen LogP contribution is 2.38. The first kappa shape index (κ1) is 57.6. The predicted octanol–water partition coefficient (Wildman–Crippen LogP) is 7.94. The fraction of sp³-hybridized carbons (Fsp3) is 0.162. The van der Waals surface area contributed by atoms with Gasteiger partial charge in [0.15, 0.2) is 23.2 Å². The SMILES string of the molecule is COC(OC)OC.NNC(=O)c1ncc(Br)cc1NS(=O)(=O)c1ccc(Cl)c(C(F)(F)F)c1.Nc1ccon1.O=S(=O)(Nc1cc(Br)cnc1-c1nncn1-c1ccon1)c1ccc(Cl)c(C(F)(F)F)c1. The number of benzene rings is 2. The summed E-state index contributed by atoms with van der Waals surface area (Å²) in [6.45, 7) is -0.514. The van der Waals surface area contributed by atoms with Gasteiger partial charge in [-0.3, -0.25) is 24.2 Å². The molecule has 0 spiro atoms. The van der Waals surface area contributed by atoms with Crippen LogP contribution >= 0.6 is 55.1 Å². The second kappa shape index (κ2) is 24.9. The normalized spacial score (nSPS) is 11.6. The van der Waals surface area contributed by atoms with Crippen LogP contribution < -0.4 is 26.4 Å². The number of aromatic nitrogens is 7. The Morgan fingerprint density at radius 1 is 0.746 bits per heavy atom. The van der Waals surface area contributed by atoms with Crippen molar-refractivity contribution in [3.63, 3.8) is 0 Å². The van der Waals surface area contributed by atoms with Crippen molar-refractivity contribution in [2.75, 3.05) is 36.5 Å². The molecule has 5 aromatic heterocycles. The van der Waals surface area contributed by atoms with Gasteiger partial charge in [-0.05, 0) is 80.4 Å². The molecule has 0 aliphatic carbocycles. The number of nitrogens with two attached hydrogens (primary N) is 2. The predicted molar refractivity (Wildman–Crippen MR) is 246 cm³/mol. The highest BCUT2D eigenvalue weighted by atomic mass is 79.9. The Kier molecular flexibility index (Phi) is 20.2. The molecule has 0 saturated carbocycles. The van der Waals surface area contributed by atoms with Crippen molar-refractivity contribution in [3.8, 4) is 17.3 Å². The summed E-state index contributed by atoms with van der Waals surface area (Å²) in [6, 6.07) is 10.1. The number of carbonyl (C=O) groups excluding carboxylic acids is 1. The first-order valence-corrected chi connectivity index (χ1v) is 23.7. The fourth-order valence-corrected chi connectivity index (χ4v) is 8.33. The van der Waals surface area contributed by atoms with Crippen LogP contribution in [0.15, 0.2) is 120 Å². The lowest BCUT2D eigenvalue weighted by Crippen LogP contribution is -2.31. The molecule has 22 nitrogen and oxygen atoms in total. The number of alkyl halides is 6. The van der Waals surface area contributed by atoms with Crippen LogP contribution in [0.2, 0.25) is 10.0 Å². The molecule has 0 fully saturated rings. The van der Waals surface area contributed by atoms with Crippen LogP contribution in [0.5, 0.6) is 0 Å². The minimum atomic E-state index is -4.84. The number of pyridine rings is 2. The Morgan fingerprint density at radius 3 is 1.66 bits per heavy atom. The van der Waals surface area contributed by atoms with E-state index in [1.807, 2.05) is 4.72 Å². The molecule has 0 unspecified atom stereocenters. The lowest BCUT2D eigenvalue weighted by atomic mass is 10.2. The van der Waals surface area contributed by atoms with Crippen LogP contribution in [0.4, 0.5) is 43.5 Å². The van der Waals surface area contributed by atoms with E-state index < -0.39 is 75.7 Å². The Labute approximate surface area is 423 Å². The van der Waals surface area contributed by atoms with Gasteiger partial charge in [0.1, 0.15) is 24.5 Å². The quantitative estimate of drug-likeness (QED) is 0.0255. The first-order chi connectivity index (χ1) is 33.3. The smallest absolute Gasteiger partial charge is 0.381 e. The van der Waals surface area contributed by atoms with Crippen LogP contribution in [-0.4, -0.2) is 85.6 Å². The zero-order chi connectivity index (χ0) is 52.9. The summed E-state index contributed by atoms with van der Waals surface area (Å²) in [5.74, 6) is 4.94. The van der Waals surface area contributed by atoms with Gasteiger partial charge in [0, 0.05) is 54.8 Å². The number of ether oxygens (including phenoxy) is 3. The number of nitrogens with one attached hydrogen (secondary N) is 3. The summed E-state index contributed by atoms with van der Waals surface area (Å²) in [7, 11) is -4.42. The number of anilines is 3. The van der Waals surface area contributed by atoms with E-state index in [0.717, 1.165) is 24.3 Å². The third kappa shape index (κ3) is 16.0. The Balaban J connectivity index is 0.000000249. The summed E-state index contributed by atoms with van der Waals surface area (Å²) in [5, 5.41) is 13.5. The van der Waals surface area contributed by atoms with E-state index in [1.165, 1.54) is 75.3 Å². The topological polar surface area (TPSA) is 310 Å². The van der Waals surface area contributed by atoms with Gasteiger partial charge < -0.3 is 29.0 Å². The van der Waals surface area contributed by atoms with Crippen molar-refractivity contribution in [1.29, 1.82) is 0 Å². The average molecular weight is 1210 g/mol. The van der Waals surface area contributed by atoms with Gasteiger partial charge in [-0.1, -0.05) is 33.5 Å². The first-order valence-electron chi connectivity index (χ1n) is 18.4. The Bertz CT molecular complexity index is 3120. The summed E-state index contributed by atoms with van der Waals surface area (Å²) < 4.78 is 158. The molecule has 0 atom stereocenters. The average Bonchev–Trinajstić information content (AvgIpc) is 4.11. The maximum absolute atomic E-state index is 13.2. The molecular weight excluding hydrogens is 1180 g/mol. The number of carbonyl (C=O) groups is 1. The van der Waals surface area contributed by atoms with E-state index in [4.69, 9.17) is 39.3 Å². The van der Waals surface area contributed by atoms with Crippen LogP contribution in [0.25, 0.3) is 17.3 Å². The number of hydrazine groups is 1. The standard InChI is InChI=1S/C17H9BrClF3N6O3S.C13H9BrClF3N4O3S.C4H10O3.C3H4N2O/c18-9-5-13(15(23-7-9)16-25-24-8-28(16)14-3-4-31-26-14)27-32(29,30)10-1-2-12(19)11(6-10)17(20,21)22;14-6-3-10(11(20-5-6)12(23)21-19)22-26(24,25)7-1-2-9(15)8(4-7)13(16,17)18;1-5-4(6-2)7-3;4-3-1-2-6-5-3/h1-8,27H;1-5,22H,19H2,(H,21,23);4H,1-3H3;1-2H,(H2,4,5). The molecule has 71 heavy (non-hydrogen) atoms. The van der Waals surface area contributed by atoms with E-state index in [2.05, 4.69) is 85.8 Å². The van der Waals surface area contributed by atoms with Crippen molar-refractivity contribution >= 4 is 98.2 Å². The van der Waals surface area contributed by atoms with Gasteiger partial charge in [0.05, 0.1) is 42.3 Å². The van der Waals surface area contributed by atoms with Crippen LogP contribution in [0, 0.1) is 0 Å². The van der Waals surface area contributed by atoms with E-state index in [0.29, 0.717) is 32.7 Å². The summed E-state index contributed by atoms with van der Waals surface area (Å²) in [4.78, 5) is 18.3. The molecule has 1 amide bonds. The van der Waals surface area contributed by atoms with Crippen LogP contribution in [0.1, 0.15) is 21.6 Å². The van der Waals surface area contributed by atoms with Crippen molar-refractivity contribution in [3.05, 3.63) is 128 Å². The number of nitrogen functional groups attached to an aromatic ring is 2. The van der Waals surface area contributed by atoms with Gasteiger partial charge in [0.25, 0.3) is 32.4 Å². The van der Waals surface area contributed by atoms with Gasteiger partial charge in [-0.2, -0.15) is 26.3 Å². The summed E-state index contributed by atoms with van der Waals surface area (Å²) >= 11 is 17.3. The monoisotopic (exact) mass is 1210 g/mol. The molecule has 0 aliphatic rings. The number of methoxy groups -OCH3 is 3. The van der Waals surface area contributed by atoms with Crippen LogP contribution in [0.3, 0.4) is 0 Å².